The Bertz CT molecular complexity index is 198. The lowest BCUT2D eigenvalue weighted by Crippen LogP contribution is -2.47. The predicted molar refractivity (Wildman–Crippen MR) is 55.7 cm³/mol. The van der Waals surface area contributed by atoms with E-state index in [9.17, 15) is 0 Å². The quantitative estimate of drug-likeness (QED) is 0.627. The van der Waals surface area contributed by atoms with Gasteiger partial charge in [-0.3, -0.25) is 0 Å². The van der Waals surface area contributed by atoms with Crippen LogP contribution in [0, 0.1) is 5.92 Å². The van der Waals surface area contributed by atoms with Crippen molar-refractivity contribution in [2.45, 2.75) is 19.4 Å². The maximum absolute atomic E-state index is 5.61. The molecule has 0 radical (unpaired) electrons. The third-order valence-electron chi connectivity index (χ3n) is 2.68. The molecule has 2 heterocycles. The fraction of sp³-hybridized carbons (Fsp3) is 0.889. The molecule has 0 spiro atoms. The molecule has 0 amide bonds. The first kappa shape index (κ1) is 9.21. The van der Waals surface area contributed by atoms with Crippen LogP contribution in [-0.2, 0) is 4.74 Å². The van der Waals surface area contributed by atoms with Crippen LogP contribution in [0.25, 0.3) is 0 Å². The molecule has 74 valence electrons. The van der Waals surface area contributed by atoms with Gasteiger partial charge in [-0.15, -0.1) is 0 Å². The lowest BCUT2D eigenvalue weighted by molar-refractivity contribution is 0.101. The molecule has 4 heteroatoms. The predicted octanol–water partition coefficient (Wildman–Crippen LogP) is 0.601. The number of nitrogens with zero attached hydrogens (tertiary/aromatic N) is 1. The summed E-state index contributed by atoms with van der Waals surface area (Å²) in [7, 11) is 0. The zero-order chi connectivity index (χ0) is 9.26. The first-order valence-corrected chi connectivity index (χ1v) is 5.34. The zero-order valence-corrected chi connectivity index (χ0v) is 8.77. The normalized spacial score (nSPS) is 31.9. The van der Waals surface area contributed by atoms with Gasteiger partial charge in [0, 0.05) is 25.6 Å². The highest BCUT2D eigenvalue weighted by Crippen LogP contribution is 2.26. The van der Waals surface area contributed by atoms with Crippen LogP contribution in [0.5, 0.6) is 0 Å². The SMILES string of the molecule is CCNC(=S)N1CC2COC(C2)C1. The van der Waals surface area contributed by atoms with Crippen molar-refractivity contribution in [3.05, 3.63) is 0 Å². The monoisotopic (exact) mass is 200 g/mol. The lowest BCUT2D eigenvalue weighted by atomic mass is 10.0. The molecule has 0 saturated carbocycles. The Balaban J connectivity index is 1.91. The molecule has 0 aromatic rings. The van der Waals surface area contributed by atoms with Crippen molar-refractivity contribution in [2.24, 2.45) is 5.92 Å². The van der Waals surface area contributed by atoms with Gasteiger partial charge < -0.3 is 15.0 Å². The van der Waals surface area contributed by atoms with E-state index >= 15 is 0 Å². The van der Waals surface area contributed by atoms with Crippen LogP contribution in [0.2, 0.25) is 0 Å². The van der Waals surface area contributed by atoms with Crippen molar-refractivity contribution in [1.82, 2.24) is 10.2 Å². The molecule has 13 heavy (non-hydrogen) atoms. The molecule has 2 aliphatic heterocycles. The highest BCUT2D eigenvalue weighted by atomic mass is 32.1. The van der Waals surface area contributed by atoms with Crippen molar-refractivity contribution in [1.29, 1.82) is 0 Å². The van der Waals surface area contributed by atoms with Crippen molar-refractivity contribution < 1.29 is 4.74 Å². The van der Waals surface area contributed by atoms with Crippen LogP contribution >= 0.6 is 12.2 Å². The number of piperidine rings is 1. The van der Waals surface area contributed by atoms with E-state index in [1.54, 1.807) is 0 Å². The third-order valence-corrected chi connectivity index (χ3v) is 3.08. The molecule has 0 aliphatic carbocycles. The molecule has 2 bridgehead atoms. The maximum atomic E-state index is 5.61. The third kappa shape index (κ3) is 1.94. The second kappa shape index (κ2) is 3.80. The van der Waals surface area contributed by atoms with Gasteiger partial charge in [0.2, 0.25) is 0 Å². The molecule has 3 nitrogen and oxygen atoms in total. The molecule has 2 aliphatic rings. The summed E-state index contributed by atoms with van der Waals surface area (Å²) in [5.41, 5.74) is 0. The number of hydrogen-bond donors (Lipinski definition) is 1. The molecular formula is C9H16N2OS. The van der Waals surface area contributed by atoms with E-state index in [0.717, 1.165) is 31.4 Å². The highest BCUT2D eigenvalue weighted by molar-refractivity contribution is 7.80. The van der Waals surface area contributed by atoms with Crippen LogP contribution < -0.4 is 5.32 Å². The molecule has 2 atom stereocenters. The molecule has 0 aromatic heterocycles. The molecule has 0 aromatic carbocycles. The zero-order valence-electron chi connectivity index (χ0n) is 7.95. The second-order valence-electron chi connectivity index (χ2n) is 3.80. The molecule has 1 N–H and O–H groups in total. The van der Waals surface area contributed by atoms with Gasteiger partial charge in [0.25, 0.3) is 0 Å². The van der Waals surface area contributed by atoms with Gasteiger partial charge >= 0.3 is 0 Å². The number of thiocarbonyl (C=S) groups is 1. The van der Waals surface area contributed by atoms with Crippen LogP contribution in [-0.4, -0.2) is 42.4 Å². The minimum atomic E-state index is 0.426. The van der Waals surface area contributed by atoms with Crippen molar-refractivity contribution in [2.75, 3.05) is 26.2 Å². The van der Waals surface area contributed by atoms with Crippen molar-refractivity contribution in [3.63, 3.8) is 0 Å². The van der Waals surface area contributed by atoms with Crippen LogP contribution in [0.1, 0.15) is 13.3 Å². The Morgan fingerprint density at radius 3 is 3.15 bits per heavy atom. The van der Waals surface area contributed by atoms with Gasteiger partial charge in [-0.05, 0) is 25.6 Å². The largest absolute Gasteiger partial charge is 0.376 e. The summed E-state index contributed by atoms with van der Waals surface area (Å²) in [6, 6.07) is 0. The standard InChI is InChI=1S/C9H16N2OS/c1-2-10-9(13)11-4-7-3-8(5-11)12-6-7/h7-8H,2-6H2,1H3,(H,10,13). The Hall–Kier alpha value is -0.350. The van der Waals surface area contributed by atoms with E-state index in [4.69, 9.17) is 17.0 Å². The van der Waals surface area contributed by atoms with Crippen LogP contribution in [0.15, 0.2) is 0 Å². The van der Waals surface area contributed by atoms with Gasteiger partial charge in [-0.25, -0.2) is 0 Å². The van der Waals surface area contributed by atoms with E-state index in [-0.39, 0.29) is 0 Å². The first-order valence-electron chi connectivity index (χ1n) is 4.94. The van der Waals surface area contributed by atoms with Crippen molar-refractivity contribution >= 4 is 17.3 Å². The second-order valence-corrected chi connectivity index (χ2v) is 4.18. The van der Waals surface area contributed by atoms with Crippen LogP contribution in [0.3, 0.4) is 0 Å². The first-order chi connectivity index (χ1) is 6.29. The number of hydrogen-bond acceptors (Lipinski definition) is 2. The lowest BCUT2D eigenvalue weighted by Gasteiger charge is -2.32. The van der Waals surface area contributed by atoms with E-state index in [2.05, 4.69) is 17.1 Å². The highest BCUT2D eigenvalue weighted by Gasteiger charge is 2.34. The average Bonchev–Trinajstić information content (AvgIpc) is 2.46. The summed E-state index contributed by atoms with van der Waals surface area (Å²) in [6.07, 6.45) is 1.65. The van der Waals surface area contributed by atoms with Gasteiger partial charge in [-0.1, -0.05) is 0 Å². The van der Waals surface area contributed by atoms with Gasteiger partial charge in [0.05, 0.1) is 12.7 Å². The molecule has 2 unspecified atom stereocenters. The summed E-state index contributed by atoms with van der Waals surface area (Å²) in [5, 5.41) is 4.08. The van der Waals surface area contributed by atoms with E-state index in [0.29, 0.717) is 12.0 Å². The van der Waals surface area contributed by atoms with Gasteiger partial charge in [-0.2, -0.15) is 0 Å². The topological polar surface area (TPSA) is 24.5 Å². The maximum Gasteiger partial charge on any atom is 0.169 e. The number of rotatable bonds is 1. The average molecular weight is 200 g/mol. The molecule has 2 fully saturated rings. The summed E-state index contributed by atoms with van der Waals surface area (Å²) in [4.78, 5) is 2.24. The summed E-state index contributed by atoms with van der Waals surface area (Å²) in [6.45, 7) is 5.95. The molecule has 2 rings (SSSR count). The number of likely N-dealkylation sites (tertiary alicyclic amines) is 1. The Kier molecular flexibility index (Phi) is 2.69. The van der Waals surface area contributed by atoms with E-state index in [1.807, 2.05) is 0 Å². The van der Waals surface area contributed by atoms with Gasteiger partial charge in [0.1, 0.15) is 0 Å². The Morgan fingerprint density at radius 2 is 2.46 bits per heavy atom. The minimum Gasteiger partial charge on any atom is -0.376 e. The number of fused-ring (bicyclic) bond motifs is 2. The smallest absolute Gasteiger partial charge is 0.169 e. The van der Waals surface area contributed by atoms with Gasteiger partial charge in [0.15, 0.2) is 5.11 Å². The van der Waals surface area contributed by atoms with E-state index < -0.39 is 0 Å². The minimum absolute atomic E-state index is 0.426. The summed E-state index contributed by atoms with van der Waals surface area (Å²) >= 11 is 5.27. The van der Waals surface area contributed by atoms with E-state index in [1.165, 1.54) is 6.42 Å². The number of ether oxygens (including phenoxy) is 1. The summed E-state index contributed by atoms with van der Waals surface area (Å²) < 4.78 is 5.61. The number of nitrogens with one attached hydrogen (secondary N) is 1. The Labute approximate surface area is 84.4 Å². The summed E-state index contributed by atoms with van der Waals surface area (Å²) in [5.74, 6) is 0.704. The molecular weight excluding hydrogens is 184 g/mol. The van der Waals surface area contributed by atoms with Crippen molar-refractivity contribution in [3.8, 4) is 0 Å². The molecule has 2 saturated heterocycles. The fourth-order valence-electron chi connectivity index (χ4n) is 2.10. The Morgan fingerprint density at radius 1 is 1.62 bits per heavy atom. The van der Waals surface area contributed by atoms with Crippen LogP contribution in [0.4, 0.5) is 0 Å². The fourth-order valence-corrected chi connectivity index (χ4v) is 2.39.